The van der Waals surface area contributed by atoms with Gasteiger partial charge in [-0.25, -0.2) is 14.2 Å². The van der Waals surface area contributed by atoms with Gasteiger partial charge < -0.3 is 19.1 Å². The van der Waals surface area contributed by atoms with Gasteiger partial charge in [0, 0.05) is 30.1 Å². The van der Waals surface area contributed by atoms with Crippen LogP contribution in [0.2, 0.25) is 0 Å². The minimum Gasteiger partial charge on any atom is -0.469 e. The van der Waals surface area contributed by atoms with E-state index in [2.05, 4.69) is 4.90 Å². The molecule has 8 nitrogen and oxygen atoms in total. The lowest BCUT2D eigenvalue weighted by molar-refractivity contribution is -0.144. The lowest BCUT2D eigenvalue weighted by atomic mass is 9.69. The van der Waals surface area contributed by atoms with Gasteiger partial charge in [0.2, 0.25) is 0 Å². The van der Waals surface area contributed by atoms with E-state index in [0.29, 0.717) is 18.5 Å². The molecular weight excluding hydrogens is 472 g/mol. The first-order chi connectivity index (χ1) is 18.0. The van der Waals surface area contributed by atoms with Crippen molar-refractivity contribution in [3.05, 3.63) is 95.3 Å². The third-order valence-electron chi connectivity index (χ3n) is 7.23. The normalized spacial score (nSPS) is 20.4. The number of hydrogen-bond donors (Lipinski definition) is 0. The Labute approximate surface area is 214 Å². The maximum absolute atomic E-state index is 13.3. The number of methoxy groups -OCH3 is 3. The lowest BCUT2D eigenvalue weighted by Gasteiger charge is -2.45. The average molecular weight is 501 g/mol. The molecule has 1 aromatic heterocycles. The van der Waals surface area contributed by atoms with Crippen LogP contribution in [0.1, 0.15) is 35.2 Å². The van der Waals surface area contributed by atoms with Gasteiger partial charge in [0.1, 0.15) is 0 Å². The topological polar surface area (TPSA) is 87.1 Å². The molecule has 0 radical (unpaired) electrons. The first-order valence-electron chi connectivity index (χ1n) is 12.0. The molecule has 0 spiro atoms. The van der Waals surface area contributed by atoms with Crippen molar-refractivity contribution in [2.75, 3.05) is 21.3 Å². The van der Waals surface area contributed by atoms with Crippen molar-refractivity contribution < 1.29 is 28.6 Å². The highest BCUT2D eigenvalue weighted by molar-refractivity contribution is 5.98. The monoisotopic (exact) mass is 500 g/mol. The van der Waals surface area contributed by atoms with Crippen molar-refractivity contribution >= 4 is 28.9 Å². The van der Waals surface area contributed by atoms with E-state index in [-0.39, 0.29) is 12.0 Å². The molecule has 0 amide bonds. The van der Waals surface area contributed by atoms with Crippen LogP contribution in [0.25, 0.3) is 10.9 Å². The second-order valence-corrected chi connectivity index (χ2v) is 9.12. The number of hydrogen-bond acceptors (Lipinski definition) is 7. The summed E-state index contributed by atoms with van der Waals surface area (Å²) < 4.78 is 16.9. The third-order valence-corrected chi connectivity index (χ3v) is 7.23. The SMILES string of the molecule is COC(=O)/C=C/C1=CN(Cc2ccccc2)[C@H]2C[C@@H]1[C@@H](C(=O)OC)c1c2n(C(=O)OC)c2ccccc12. The Morgan fingerprint density at radius 1 is 0.946 bits per heavy atom. The van der Waals surface area contributed by atoms with Crippen LogP contribution in [-0.4, -0.2) is 48.8 Å². The van der Waals surface area contributed by atoms with Crippen molar-refractivity contribution in [1.82, 2.24) is 9.47 Å². The van der Waals surface area contributed by atoms with Crippen LogP contribution in [-0.2, 0) is 30.3 Å². The lowest BCUT2D eigenvalue weighted by Crippen LogP contribution is -2.41. The molecule has 0 N–H and O–H groups in total. The predicted molar refractivity (Wildman–Crippen MR) is 137 cm³/mol. The summed E-state index contributed by atoms with van der Waals surface area (Å²) in [5.41, 5.74) is 4.05. The van der Waals surface area contributed by atoms with E-state index >= 15 is 0 Å². The molecule has 37 heavy (non-hydrogen) atoms. The zero-order chi connectivity index (χ0) is 26.1. The molecule has 2 bridgehead atoms. The molecule has 0 fully saturated rings. The van der Waals surface area contributed by atoms with E-state index in [1.807, 2.05) is 60.8 Å². The van der Waals surface area contributed by atoms with Gasteiger partial charge in [-0.05, 0) is 29.2 Å². The number of aromatic nitrogens is 1. The van der Waals surface area contributed by atoms with Crippen LogP contribution in [0.5, 0.6) is 0 Å². The van der Waals surface area contributed by atoms with E-state index in [1.165, 1.54) is 27.4 Å². The quantitative estimate of drug-likeness (QED) is 0.285. The summed E-state index contributed by atoms with van der Waals surface area (Å²) in [5.74, 6) is -1.81. The fourth-order valence-electron chi connectivity index (χ4n) is 5.67. The fourth-order valence-corrected chi connectivity index (χ4v) is 5.67. The molecule has 0 saturated carbocycles. The summed E-state index contributed by atoms with van der Waals surface area (Å²) in [6.45, 7) is 0.568. The second kappa shape index (κ2) is 9.97. The summed E-state index contributed by atoms with van der Waals surface area (Å²) in [4.78, 5) is 40.6. The summed E-state index contributed by atoms with van der Waals surface area (Å²) >= 11 is 0. The number of carbonyl (C=O) groups is 3. The number of para-hydroxylation sites is 1. The van der Waals surface area contributed by atoms with Gasteiger partial charge >= 0.3 is 18.0 Å². The Kier molecular flexibility index (Phi) is 6.56. The van der Waals surface area contributed by atoms with Crippen molar-refractivity contribution in [3.63, 3.8) is 0 Å². The molecule has 0 saturated heterocycles. The van der Waals surface area contributed by atoms with Gasteiger partial charge in [0.25, 0.3) is 0 Å². The number of rotatable bonds is 5. The van der Waals surface area contributed by atoms with E-state index < -0.39 is 23.9 Å². The maximum Gasteiger partial charge on any atom is 0.418 e. The third kappa shape index (κ3) is 4.18. The highest BCUT2D eigenvalue weighted by atomic mass is 16.5. The minimum absolute atomic E-state index is 0.220. The number of fused-ring (bicyclic) bond motifs is 6. The Morgan fingerprint density at radius 2 is 1.68 bits per heavy atom. The molecule has 2 aromatic carbocycles. The second-order valence-electron chi connectivity index (χ2n) is 9.12. The molecule has 1 aliphatic carbocycles. The van der Waals surface area contributed by atoms with E-state index in [9.17, 15) is 14.4 Å². The molecule has 1 aliphatic heterocycles. The van der Waals surface area contributed by atoms with Crippen LogP contribution in [0.4, 0.5) is 4.79 Å². The van der Waals surface area contributed by atoms with Crippen LogP contribution in [0.15, 0.2) is 78.5 Å². The first-order valence-corrected chi connectivity index (χ1v) is 12.0. The van der Waals surface area contributed by atoms with Crippen LogP contribution >= 0.6 is 0 Å². The van der Waals surface area contributed by atoms with Crippen molar-refractivity contribution in [3.8, 4) is 0 Å². The average Bonchev–Trinajstić information content (AvgIpc) is 3.28. The Bertz CT molecular complexity index is 1420. The highest BCUT2D eigenvalue weighted by Gasteiger charge is 2.48. The predicted octanol–water partition coefficient (Wildman–Crippen LogP) is 4.70. The minimum atomic E-state index is -0.667. The maximum atomic E-state index is 13.3. The summed E-state index contributed by atoms with van der Waals surface area (Å²) in [6, 6.07) is 17.3. The molecule has 0 unspecified atom stereocenters. The molecule has 8 heteroatoms. The van der Waals surface area contributed by atoms with Crippen LogP contribution < -0.4 is 0 Å². The zero-order valence-electron chi connectivity index (χ0n) is 20.9. The molecule has 5 rings (SSSR count). The summed E-state index contributed by atoms with van der Waals surface area (Å²) in [6.07, 6.45) is 5.09. The summed E-state index contributed by atoms with van der Waals surface area (Å²) in [7, 11) is 4.04. The number of esters is 2. The van der Waals surface area contributed by atoms with Crippen LogP contribution in [0.3, 0.4) is 0 Å². The Balaban J connectivity index is 1.77. The number of benzene rings is 2. The molecule has 3 aromatic rings. The zero-order valence-corrected chi connectivity index (χ0v) is 20.9. The summed E-state index contributed by atoms with van der Waals surface area (Å²) in [5, 5.41) is 0.797. The standard InChI is InChI=1S/C29H28N2O6/c1-35-24(32)14-13-19-17-30(16-18-9-5-4-6-10-18)23-15-21(19)26(28(33)36-2)25-20-11-7-8-12-22(20)31(27(23)25)29(34)37-3/h4-14,17,21,23,26H,15-16H2,1-3H3/b14-13+/t21-,23-,26+/m0/s1. The smallest absolute Gasteiger partial charge is 0.418 e. The van der Waals surface area contributed by atoms with Gasteiger partial charge in [0.05, 0.1) is 44.5 Å². The van der Waals surface area contributed by atoms with Crippen molar-refractivity contribution in [2.45, 2.75) is 24.9 Å². The van der Waals surface area contributed by atoms with E-state index in [4.69, 9.17) is 14.2 Å². The first kappa shape index (κ1) is 24.4. The highest BCUT2D eigenvalue weighted by Crippen LogP contribution is 2.54. The number of carbonyl (C=O) groups excluding carboxylic acids is 3. The molecule has 190 valence electrons. The Morgan fingerprint density at radius 3 is 2.38 bits per heavy atom. The van der Waals surface area contributed by atoms with E-state index in [0.717, 1.165) is 27.8 Å². The van der Waals surface area contributed by atoms with Crippen LogP contribution in [0, 0.1) is 5.92 Å². The van der Waals surface area contributed by atoms with Crippen molar-refractivity contribution in [1.29, 1.82) is 0 Å². The number of ether oxygens (including phenoxy) is 3. The van der Waals surface area contributed by atoms with Crippen molar-refractivity contribution in [2.24, 2.45) is 5.92 Å². The molecule has 3 atom stereocenters. The van der Waals surface area contributed by atoms with Gasteiger partial charge in [0.15, 0.2) is 0 Å². The number of nitrogens with zero attached hydrogens (tertiary/aromatic N) is 2. The van der Waals surface area contributed by atoms with Gasteiger partial charge in [-0.15, -0.1) is 0 Å². The molecular formula is C29H28N2O6. The number of allylic oxidation sites excluding steroid dienone is 2. The Hall–Kier alpha value is -4.33. The molecule has 2 heterocycles. The largest absolute Gasteiger partial charge is 0.469 e. The van der Waals surface area contributed by atoms with E-state index in [1.54, 1.807) is 10.6 Å². The molecule has 2 aliphatic rings. The fraction of sp³-hybridized carbons (Fsp3) is 0.276. The van der Waals surface area contributed by atoms with Gasteiger partial charge in [-0.1, -0.05) is 54.6 Å². The van der Waals surface area contributed by atoms with Gasteiger partial charge in [-0.3, -0.25) is 4.79 Å². The van der Waals surface area contributed by atoms with Gasteiger partial charge in [-0.2, -0.15) is 0 Å².